The molecule has 1 spiro atoms. The minimum absolute atomic E-state index is 0.0442. The fraction of sp³-hybridized carbons (Fsp3) is 0.583. The third-order valence-corrected chi connectivity index (χ3v) is 3.96. The Bertz CT molecular complexity index is 463. The summed E-state index contributed by atoms with van der Waals surface area (Å²) in [7, 11) is 0. The molecule has 2 aliphatic rings. The molecule has 0 aromatic rings. The van der Waals surface area contributed by atoms with E-state index in [1.54, 1.807) is 0 Å². The van der Waals surface area contributed by atoms with Crippen molar-refractivity contribution in [1.82, 2.24) is 5.32 Å². The highest BCUT2D eigenvalue weighted by atomic mass is 32.1. The van der Waals surface area contributed by atoms with Crippen LogP contribution in [0, 0.1) is 28.6 Å². The molecular weight excluding hydrogens is 234 g/mol. The van der Waals surface area contributed by atoms with Crippen molar-refractivity contribution < 1.29 is 5.11 Å². The van der Waals surface area contributed by atoms with Gasteiger partial charge in [0, 0.05) is 0 Å². The van der Waals surface area contributed by atoms with Crippen molar-refractivity contribution in [1.29, 1.82) is 10.5 Å². The number of aliphatic hydroxyl groups excluding tert-OH is 1. The molecule has 17 heavy (non-hydrogen) atoms. The molecule has 0 aromatic heterocycles. The molecule has 1 atom stereocenters. The van der Waals surface area contributed by atoms with E-state index in [0.717, 1.165) is 32.1 Å². The third-order valence-electron chi connectivity index (χ3n) is 3.66. The van der Waals surface area contributed by atoms with E-state index in [1.807, 2.05) is 6.07 Å². The predicted molar refractivity (Wildman–Crippen MR) is 65.9 cm³/mol. The van der Waals surface area contributed by atoms with Gasteiger partial charge in [0.05, 0.1) is 11.6 Å². The topological polar surface area (TPSA) is 79.8 Å². The lowest BCUT2D eigenvalue weighted by Crippen LogP contribution is -2.58. The van der Waals surface area contributed by atoms with Gasteiger partial charge in [0.25, 0.3) is 0 Å². The van der Waals surface area contributed by atoms with Crippen LogP contribution in [0.4, 0.5) is 0 Å². The van der Waals surface area contributed by atoms with Crippen LogP contribution in [-0.4, -0.2) is 15.6 Å². The van der Waals surface area contributed by atoms with E-state index >= 15 is 0 Å². The van der Waals surface area contributed by atoms with Crippen LogP contribution in [0.25, 0.3) is 0 Å². The van der Waals surface area contributed by atoms with Crippen molar-refractivity contribution in [2.45, 2.75) is 37.6 Å². The minimum Gasteiger partial charge on any atom is -0.509 e. The van der Waals surface area contributed by atoms with E-state index < -0.39 is 11.5 Å². The standard InChI is InChI=1S/C12H13N3OS/c13-6-8-10(16)9(7-14)12(15-11(8)17)4-2-1-3-5-12/h9,16H,1-5H2,(H,15,17)/t9-/m0/s1. The zero-order valence-corrected chi connectivity index (χ0v) is 10.2. The highest BCUT2D eigenvalue weighted by Crippen LogP contribution is 2.40. The summed E-state index contributed by atoms with van der Waals surface area (Å²) in [5.74, 6) is -0.815. The molecule has 1 aliphatic heterocycles. The summed E-state index contributed by atoms with van der Waals surface area (Å²) in [4.78, 5) is 0.276. The fourth-order valence-electron chi connectivity index (χ4n) is 2.77. The van der Waals surface area contributed by atoms with Gasteiger partial charge in [0.1, 0.15) is 28.3 Å². The predicted octanol–water partition coefficient (Wildman–Crippen LogP) is 2.10. The first-order valence-corrected chi connectivity index (χ1v) is 6.11. The number of hydrogen-bond donors (Lipinski definition) is 2. The van der Waals surface area contributed by atoms with Crippen molar-refractivity contribution in [3.05, 3.63) is 11.3 Å². The van der Waals surface area contributed by atoms with Crippen molar-refractivity contribution in [3.8, 4) is 12.1 Å². The second kappa shape index (κ2) is 4.35. The molecule has 0 aromatic carbocycles. The first-order valence-electron chi connectivity index (χ1n) is 5.70. The third kappa shape index (κ3) is 1.77. The minimum atomic E-state index is -0.663. The number of hydrogen-bond acceptors (Lipinski definition) is 4. The zero-order valence-electron chi connectivity index (χ0n) is 9.36. The summed E-state index contributed by atoms with van der Waals surface area (Å²) in [5.41, 5.74) is -0.420. The van der Waals surface area contributed by atoms with Gasteiger partial charge < -0.3 is 10.4 Å². The molecule has 1 heterocycles. The van der Waals surface area contributed by atoms with Crippen LogP contribution >= 0.6 is 12.2 Å². The van der Waals surface area contributed by atoms with Crippen molar-refractivity contribution >= 4 is 17.2 Å². The highest BCUT2D eigenvalue weighted by Gasteiger charge is 2.47. The maximum Gasteiger partial charge on any atom is 0.133 e. The van der Waals surface area contributed by atoms with Gasteiger partial charge in [-0.15, -0.1) is 0 Å². The molecule has 0 amide bonds. The van der Waals surface area contributed by atoms with Gasteiger partial charge in [-0.1, -0.05) is 31.5 Å². The lowest BCUT2D eigenvalue weighted by molar-refractivity contribution is 0.180. The Labute approximate surface area is 106 Å². The Balaban J connectivity index is 2.46. The van der Waals surface area contributed by atoms with Crippen molar-refractivity contribution in [2.24, 2.45) is 5.92 Å². The van der Waals surface area contributed by atoms with Crippen molar-refractivity contribution in [2.75, 3.05) is 0 Å². The van der Waals surface area contributed by atoms with Gasteiger partial charge in [0.2, 0.25) is 0 Å². The van der Waals surface area contributed by atoms with Crippen LogP contribution in [0.5, 0.6) is 0 Å². The maximum absolute atomic E-state index is 10.0. The Kier molecular flexibility index (Phi) is 3.04. The van der Waals surface area contributed by atoms with Gasteiger partial charge in [-0.3, -0.25) is 0 Å². The summed E-state index contributed by atoms with van der Waals surface area (Å²) < 4.78 is 0. The number of nitriles is 2. The number of aliphatic hydroxyl groups is 1. The molecule has 0 saturated heterocycles. The monoisotopic (exact) mass is 247 g/mol. The van der Waals surface area contributed by atoms with Crippen LogP contribution in [0.3, 0.4) is 0 Å². The van der Waals surface area contributed by atoms with Gasteiger partial charge >= 0.3 is 0 Å². The van der Waals surface area contributed by atoms with Gasteiger partial charge in [-0.05, 0) is 12.8 Å². The Morgan fingerprint density at radius 3 is 2.47 bits per heavy atom. The second-order valence-corrected chi connectivity index (χ2v) is 5.01. The molecule has 1 fully saturated rings. The number of rotatable bonds is 0. The second-order valence-electron chi connectivity index (χ2n) is 4.61. The van der Waals surface area contributed by atoms with Gasteiger partial charge in [-0.2, -0.15) is 10.5 Å². The molecule has 0 bridgehead atoms. The number of thiocarbonyl (C=S) groups is 1. The first kappa shape index (κ1) is 11.9. The molecule has 0 radical (unpaired) electrons. The van der Waals surface area contributed by atoms with E-state index in [9.17, 15) is 10.4 Å². The summed E-state index contributed by atoms with van der Waals surface area (Å²) in [6.07, 6.45) is 4.80. The Morgan fingerprint density at radius 1 is 1.29 bits per heavy atom. The summed E-state index contributed by atoms with van der Waals surface area (Å²) in [6.45, 7) is 0. The molecule has 2 rings (SSSR count). The molecule has 88 valence electrons. The van der Waals surface area contributed by atoms with E-state index in [1.165, 1.54) is 0 Å². The molecular formula is C12H13N3OS. The van der Waals surface area contributed by atoms with E-state index in [-0.39, 0.29) is 16.3 Å². The smallest absolute Gasteiger partial charge is 0.133 e. The Hall–Kier alpha value is -1.59. The Morgan fingerprint density at radius 2 is 1.94 bits per heavy atom. The van der Waals surface area contributed by atoms with E-state index in [0.29, 0.717) is 0 Å². The molecule has 2 N–H and O–H groups in total. The molecule has 5 heteroatoms. The van der Waals surface area contributed by atoms with Crippen LogP contribution in [0.2, 0.25) is 0 Å². The normalized spacial score (nSPS) is 27.2. The maximum atomic E-state index is 10.0. The molecule has 0 unspecified atom stereocenters. The number of nitrogens with zero attached hydrogens (tertiary/aromatic N) is 2. The van der Waals surface area contributed by atoms with Gasteiger partial charge in [0.15, 0.2) is 0 Å². The average molecular weight is 247 g/mol. The van der Waals surface area contributed by atoms with Crippen LogP contribution < -0.4 is 5.32 Å². The summed E-state index contributed by atoms with van der Waals surface area (Å²) in [5, 5.41) is 31.3. The molecule has 4 nitrogen and oxygen atoms in total. The quantitative estimate of drug-likeness (QED) is 0.641. The zero-order chi connectivity index (χ0) is 12.5. The summed E-state index contributed by atoms with van der Waals surface area (Å²) >= 11 is 5.10. The first-order chi connectivity index (χ1) is 8.14. The largest absolute Gasteiger partial charge is 0.509 e. The average Bonchev–Trinajstić information content (AvgIpc) is 2.30. The van der Waals surface area contributed by atoms with Crippen LogP contribution in [0.15, 0.2) is 11.3 Å². The SMILES string of the molecule is N#CC1=C(O)[C@H](C#N)C2(CCCCC2)NC1=S. The van der Waals surface area contributed by atoms with E-state index in [2.05, 4.69) is 11.4 Å². The lowest BCUT2D eigenvalue weighted by atomic mass is 9.70. The molecule has 1 saturated carbocycles. The fourth-order valence-corrected chi connectivity index (χ4v) is 3.13. The highest BCUT2D eigenvalue weighted by molar-refractivity contribution is 7.80. The van der Waals surface area contributed by atoms with Gasteiger partial charge in [-0.25, -0.2) is 0 Å². The van der Waals surface area contributed by atoms with Crippen LogP contribution in [0.1, 0.15) is 32.1 Å². The van der Waals surface area contributed by atoms with E-state index in [4.69, 9.17) is 17.5 Å². The lowest BCUT2D eigenvalue weighted by Gasteiger charge is -2.44. The van der Waals surface area contributed by atoms with Crippen LogP contribution in [-0.2, 0) is 0 Å². The van der Waals surface area contributed by atoms with Crippen molar-refractivity contribution in [3.63, 3.8) is 0 Å². The number of nitrogens with one attached hydrogen (secondary N) is 1. The summed E-state index contributed by atoms with van der Waals surface area (Å²) in [6, 6.07) is 3.98. The molecule has 1 aliphatic carbocycles.